The van der Waals surface area contributed by atoms with Crippen LogP contribution in [0.2, 0.25) is 0 Å². The van der Waals surface area contributed by atoms with Gasteiger partial charge < -0.3 is 14.6 Å². The lowest BCUT2D eigenvalue weighted by Gasteiger charge is -2.25. The van der Waals surface area contributed by atoms with Gasteiger partial charge in [0.05, 0.1) is 12.8 Å². The molecule has 2 aliphatic rings. The first kappa shape index (κ1) is 17.1. The second-order valence-electron chi connectivity index (χ2n) is 6.98. The van der Waals surface area contributed by atoms with E-state index in [0.717, 1.165) is 43.3 Å². The molecule has 1 N–H and O–H groups in total. The molecule has 2 saturated heterocycles. The van der Waals surface area contributed by atoms with Crippen LogP contribution in [0.25, 0.3) is 0 Å². The van der Waals surface area contributed by atoms with Gasteiger partial charge in [0.15, 0.2) is 5.96 Å². The summed E-state index contributed by atoms with van der Waals surface area (Å²) < 4.78 is 5.41. The molecule has 2 aliphatic heterocycles. The number of guanidine groups is 1. The van der Waals surface area contributed by atoms with Crippen LogP contribution < -0.4 is 5.32 Å². The Labute approximate surface area is 145 Å². The van der Waals surface area contributed by atoms with E-state index < -0.39 is 0 Å². The maximum atomic E-state index is 5.41. The number of aliphatic imine (C=N–C) groups is 1. The highest BCUT2D eigenvalue weighted by molar-refractivity contribution is 5.80. The number of nitrogens with one attached hydrogen (secondary N) is 1. The van der Waals surface area contributed by atoms with E-state index in [4.69, 9.17) is 9.41 Å². The van der Waals surface area contributed by atoms with Crippen LogP contribution in [0.4, 0.5) is 0 Å². The van der Waals surface area contributed by atoms with Crippen molar-refractivity contribution in [2.45, 2.75) is 38.6 Å². The Morgan fingerprint density at radius 3 is 2.92 bits per heavy atom. The van der Waals surface area contributed by atoms with E-state index >= 15 is 0 Å². The van der Waals surface area contributed by atoms with Crippen molar-refractivity contribution in [3.8, 4) is 0 Å². The standard InChI is InChI=1S/C19H30N4O/c1-16(2)14-21-19(20-9-7-18-6-5-13-24-18)23-12-8-17(15-23)22-10-3-4-11-22/h5-6,13,17H,1,3-4,7-12,14-15H2,2H3,(H,20,21). The van der Waals surface area contributed by atoms with Gasteiger partial charge in [-0.25, -0.2) is 4.99 Å². The van der Waals surface area contributed by atoms with E-state index in [1.165, 1.54) is 32.4 Å². The summed E-state index contributed by atoms with van der Waals surface area (Å²) in [5.41, 5.74) is 1.09. The van der Waals surface area contributed by atoms with Crippen LogP contribution in [0, 0.1) is 0 Å². The molecule has 0 bridgehead atoms. The lowest BCUT2D eigenvalue weighted by molar-refractivity contribution is 0.249. The van der Waals surface area contributed by atoms with Gasteiger partial charge in [0.2, 0.25) is 0 Å². The molecule has 5 nitrogen and oxygen atoms in total. The predicted molar refractivity (Wildman–Crippen MR) is 98.3 cm³/mol. The lowest BCUT2D eigenvalue weighted by atomic mass is 10.2. The van der Waals surface area contributed by atoms with Crippen molar-refractivity contribution in [2.75, 3.05) is 39.3 Å². The number of hydrogen-bond acceptors (Lipinski definition) is 3. The van der Waals surface area contributed by atoms with Gasteiger partial charge in [0.1, 0.15) is 5.76 Å². The van der Waals surface area contributed by atoms with Crippen LogP contribution in [-0.4, -0.2) is 61.1 Å². The fraction of sp³-hybridized carbons (Fsp3) is 0.632. The molecule has 1 atom stereocenters. The van der Waals surface area contributed by atoms with Gasteiger partial charge in [-0.3, -0.25) is 4.90 Å². The molecule has 0 spiro atoms. The molecule has 2 fully saturated rings. The molecule has 0 aliphatic carbocycles. The minimum Gasteiger partial charge on any atom is -0.469 e. The number of hydrogen-bond donors (Lipinski definition) is 1. The Kier molecular flexibility index (Phi) is 5.96. The third-order valence-electron chi connectivity index (χ3n) is 4.85. The number of rotatable bonds is 6. The van der Waals surface area contributed by atoms with Crippen molar-refractivity contribution >= 4 is 5.96 Å². The summed E-state index contributed by atoms with van der Waals surface area (Å²) in [6.45, 7) is 12.2. The first-order chi connectivity index (χ1) is 11.7. The molecule has 0 aromatic carbocycles. The summed E-state index contributed by atoms with van der Waals surface area (Å²) in [6.07, 6.45) is 6.56. The van der Waals surface area contributed by atoms with Crippen molar-refractivity contribution in [3.05, 3.63) is 36.3 Å². The van der Waals surface area contributed by atoms with Crippen molar-refractivity contribution in [1.82, 2.24) is 15.1 Å². The van der Waals surface area contributed by atoms with Gasteiger partial charge in [-0.15, -0.1) is 0 Å². The lowest BCUT2D eigenvalue weighted by Crippen LogP contribution is -2.43. The zero-order valence-electron chi connectivity index (χ0n) is 14.8. The number of nitrogens with zero attached hydrogens (tertiary/aromatic N) is 3. The molecule has 0 amide bonds. The monoisotopic (exact) mass is 330 g/mol. The van der Waals surface area contributed by atoms with Crippen LogP contribution in [0.1, 0.15) is 31.9 Å². The largest absolute Gasteiger partial charge is 0.469 e. The molecule has 1 unspecified atom stereocenters. The summed E-state index contributed by atoms with van der Waals surface area (Å²) in [5, 5.41) is 3.52. The van der Waals surface area contributed by atoms with Gasteiger partial charge in [-0.05, 0) is 51.4 Å². The second kappa shape index (κ2) is 8.38. The van der Waals surface area contributed by atoms with Gasteiger partial charge in [0.25, 0.3) is 0 Å². The third-order valence-corrected chi connectivity index (χ3v) is 4.85. The minimum atomic E-state index is 0.688. The quantitative estimate of drug-likeness (QED) is 0.494. The highest BCUT2D eigenvalue weighted by Crippen LogP contribution is 2.20. The van der Waals surface area contributed by atoms with Gasteiger partial charge in [-0.2, -0.15) is 0 Å². The Morgan fingerprint density at radius 2 is 2.21 bits per heavy atom. The number of likely N-dealkylation sites (tertiary alicyclic amines) is 2. The first-order valence-electron chi connectivity index (χ1n) is 9.16. The van der Waals surface area contributed by atoms with Crippen LogP contribution in [0.3, 0.4) is 0 Å². The van der Waals surface area contributed by atoms with E-state index in [2.05, 4.69) is 21.7 Å². The van der Waals surface area contributed by atoms with Gasteiger partial charge in [0, 0.05) is 32.1 Å². The van der Waals surface area contributed by atoms with E-state index in [1.807, 2.05) is 19.1 Å². The highest BCUT2D eigenvalue weighted by atomic mass is 16.3. The molecule has 3 rings (SSSR count). The Balaban J connectivity index is 1.55. The van der Waals surface area contributed by atoms with E-state index in [0.29, 0.717) is 12.6 Å². The molecular weight excluding hydrogens is 300 g/mol. The fourth-order valence-electron chi connectivity index (χ4n) is 3.57. The zero-order valence-corrected chi connectivity index (χ0v) is 14.8. The Morgan fingerprint density at radius 1 is 1.38 bits per heavy atom. The predicted octanol–water partition coefficient (Wildman–Crippen LogP) is 2.51. The number of furan rings is 1. The van der Waals surface area contributed by atoms with Crippen molar-refractivity contribution < 1.29 is 4.42 Å². The summed E-state index contributed by atoms with van der Waals surface area (Å²) >= 11 is 0. The zero-order chi connectivity index (χ0) is 16.8. The summed E-state index contributed by atoms with van der Waals surface area (Å²) in [4.78, 5) is 9.83. The second-order valence-corrected chi connectivity index (χ2v) is 6.98. The summed E-state index contributed by atoms with van der Waals surface area (Å²) in [6, 6.07) is 4.65. The summed E-state index contributed by atoms with van der Waals surface area (Å²) in [7, 11) is 0. The molecule has 1 aromatic heterocycles. The topological polar surface area (TPSA) is 44.0 Å². The van der Waals surface area contributed by atoms with Crippen molar-refractivity contribution in [1.29, 1.82) is 0 Å². The maximum absolute atomic E-state index is 5.41. The molecule has 24 heavy (non-hydrogen) atoms. The fourth-order valence-corrected chi connectivity index (χ4v) is 3.57. The minimum absolute atomic E-state index is 0.688. The third kappa shape index (κ3) is 4.63. The molecule has 3 heterocycles. The maximum Gasteiger partial charge on any atom is 0.194 e. The smallest absolute Gasteiger partial charge is 0.194 e. The van der Waals surface area contributed by atoms with Crippen LogP contribution in [0.15, 0.2) is 40.0 Å². The highest BCUT2D eigenvalue weighted by Gasteiger charge is 2.30. The molecule has 1 aromatic rings. The molecule has 0 radical (unpaired) electrons. The Bertz CT molecular complexity index is 546. The average Bonchev–Trinajstić information content (AvgIpc) is 3.32. The van der Waals surface area contributed by atoms with Gasteiger partial charge in [-0.1, -0.05) is 12.2 Å². The normalized spacial score (nSPS) is 22.3. The molecule has 132 valence electrons. The average molecular weight is 330 g/mol. The first-order valence-corrected chi connectivity index (χ1v) is 9.16. The van der Waals surface area contributed by atoms with Crippen LogP contribution >= 0.6 is 0 Å². The molecule has 0 saturated carbocycles. The van der Waals surface area contributed by atoms with Gasteiger partial charge >= 0.3 is 0 Å². The van der Waals surface area contributed by atoms with E-state index in [-0.39, 0.29) is 0 Å². The SMILES string of the molecule is C=C(C)CN=C(NCCc1ccco1)N1CCC(N2CCCC2)C1. The van der Waals surface area contributed by atoms with Crippen molar-refractivity contribution in [3.63, 3.8) is 0 Å². The molecular formula is C19H30N4O. The van der Waals surface area contributed by atoms with E-state index in [9.17, 15) is 0 Å². The Hall–Kier alpha value is -1.75. The van der Waals surface area contributed by atoms with E-state index in [1.54, 1.807) is 6.26 Å². The van der Waals surface area contributed by atoms with Crippen LogP contribution in [-0.2, 0) is 6.42 Å². The van der Waals surface area contributed by atoms with Crippen LogP contribution in [0.5, 0.6) is 0 Å². The summed E-state index contributed by atoms with van der Waals surface area (Å²) in [5.74, 6) is 2.03. The van der Waals surface area contributed by atoms with Crippen molar-refractivity contribution in [2.24, 2.45) is 4.99 Å². The molecule has 5 heteroatoms.